The van der Waals surface area contributed by atoms with Crippen molar-refractivity contribution in [3.05, 3.63) is 23.8 Å². The Balaban J connectivity index is 2.08. The van der Waals surface area contributed by atoms with Gasteiger partial charge in [-0.05, 0) is 24.1 Å². The highest BCUT2D eigenvalue weighted by Gasteiger charge is 2.22. The lowest BCUT2D eigenvalue weighted by Crippen LogP contribution is -2.20. The first-order valence-corrected chi connectivity index (χ1v) is 6.06. The fourth-order valence-corrected chi connectivity index (χ4v) is 2.19. The smallest absolute Gasteiger partial charge is 0.387 e. The van der Waals surface area contributed by atoms with E-state index in [9.17, 15) is 13.2 Å². The number of hydrogen-bond donors (Lipinski definition) is 0. The number of likely N-dealkylation sites (tertiary alicyclic amines) is 1. The van der Waals surface area contributed by atoms with Gasteiger partial charge in [0.15, 0.2) is 11.5 Å². The second kappa shape index (κ2) is 6.14. The molecule has 1 atom stereocenters. The minimum absolute atomic E-state index is 0.00555. The van der Waals surface area contributed by atoms with Gasteiger partial charge in [-0.15, -0.1) is 0 Å². The van der Waals surface area contributed by atoms with Gasteiger partial charge in [0.25, 0.3) is 0 Å². The van der Waals surface area contributed by atoms with E-state index in [-0.39, 0.29) is 11.5 Å². The molecule has 1 aromatic carbocycles. The number of rotatable bonds is 5. The maximum Gasteiger partial charge on any atom is 0.387 e. The van der Waals surface area contributed by atoms with Gasteiger partial charge in [0.05, 0.1) is 7.11 Å². The van der Waals surface area contributed by atoms with Crippen LogP contribution in [0.3, 0.4) is 0 Å². The number of alkyl halides is 3. The lowest BCUT2D eigenvalue weighted by molar-refractivity contribution is -0.0512. The molecule has 1 heterocycles. The highest BCUT2D eigenvalue weighted by Crippen LogP contribution is 2.30. The summed E-state index contributed by atoms with van der Waals surface area (Å²) in [7, 11) is 1.39. The summed E-state index contributed by atoms with van der Waals surface area (Å²) in [4.78, 5) is 1.94. The molecule has 3 nitrogen and oxygen atoms in total. The van der Waals surface area contributed by atoms with Crippen molar-refractivity contribution in [2.24, 2.45) is 0 Å². The van der Waals surface area contributed by atoms with E-state index in [1.165, 1.54) is 13.2 Å². The summed E-state index contributed by atoms with van der Waals surface area (Å²) in [5.74, 6) is 0.264. The molecule has 106 valence electrons. The van der Waals surface area contributed by atoms with Crippen molar-refractivity contribution in [2.45, 2.75) is 25.7 Å². The largest absolute Gasteiger partial charge is 0.493 e. The van der Waals surface area contributed by atoms with Gasteiger partial charge in [-0.25, -0.2) is 4.39 Å². The third-order valence-electron chi connectivity index (χ3n) is 3.07. The molecule has 1 saturated heterocycles. The van der Waals surface area contributed by atoms with Crippen molar-refractivity contribution in [2.75, 3.05) is 20.2 Å². The van der Waals surface area contributed by atoms with Crippen LogP contribution in [0.2, 0.25) is 0 Å². The summed E-state index contributed by atoms with van der Waals surface area (Å²) < 4.78 is 47.0. The van der Waals surface area contributed by atoms with E-state index >= 15 is 0 Å². The third-order valence-corrected chi connectivity index (χ3v) is 3.07. The Hall–Kier alpha value is -1.43. The third kappa shape index (κ3) is 3.76. The van der Waals surface area contributed by atoms with Gasteiger partial charge < -0.3 is 9.47 Å². The van der Waals surface area contributed by atoms with Crippen LogP contribution < -0.4 is 9.47 Å². The Morgan fingerprint density at radius 3 is 2.74 bits per heavy atom. The number of halogens is 3. The molecule has 2 rings (SSSR count). The van der Waals surface area contributed by atoms with E-state index in [1.807, 2.05) is 4.90 Å². The van der Waals surface area contributed by atoms with E-state index in [1.54, 1.807) is 12.1 Å². The van der Waals surface area contributed by atoms with Crippen LogP contribution in [0.5, 0.6) is 11.5 Å². The summed E-state index contributed by atoms with van der Waals surface area (Å²) in [6, 6.07) is 4.86. The van der Waals surface area contributed by atoms with Crippen LogP contribution in [-0.4, -0.2) is 37.9 Å². The zero-order valence-electron chi connectivity index (χ0n) is 10.6. The average Bonchev–Trinajstić information content (AvgIpc) is 2.74. The molecule has 0 unspecified atom stereocenters. The van der Waals surface area contributed by atoms with E-state index in [0.717, 1.165) is 5.56 Å². The molecule has 0 N–H and O–H groups in total. The topological polar surface area (TPSA) is 21.7 Å². The Bertz CT molecular complexity index is 428. The molecule has 6 heteroatoms. The van der Waals surface area contributed by atoms with Crippen LogP contribution in [-0.2, 0) is 6.54 Å². The molecule has 1 aliphatic rings. The SMILES string of the molecule is COc1ccc(CN2CC[C@H](F)C2)cc1OC(F)F. The zero-order valence-corrected chi connectivity index (χ0v) is 10.6. The molecule has 0 aromatic heterocycles. The van der Waals surface area contributed by atoms with Crippen LogP contribution in [0, 0.1) is 0 Å². The lowest BCUT2D eigenvalue weighted by Gasteiger charge is -2.16. The molecule has 1 fully saturated rings. The molecule has 1 aromatic rings. The van der Waals surface area contributed by atoms with Crippen LogP contribution in [0.15, 0.2) is 18.2 Å². The van der Waals surface area contributed by atoms with E-state index in [2.05, 4.69) is 4.74 Å². The molecule has 19 heavy (non-hydrogen) atoms. The summed E-state index contributed by atoms with van der Waals surface area (Å²) >= 11 is 0. The van der Waals surface area contributed by atoms with E-state index in [0.29, 0.717) is 26.1 Å². The Labute approximate surface area is 109 Å². The molecule has 0 bridgehead atoms. The molecule has 1 aliphatic heterocycles. The minimum atomic E-state index is -2.90. The first kappa shape index (κ1) is 14.0. The van der Waals surface area contributed by atoms with Crippen molar-refractivity contribution in [3.8, 4) is 11.5 Å². The fraction of sp³-hybridized carbons (Fsp3) is 0.538. The standard InChI is InChI=1S/C13H16F3NO2/c1-18-11-3-2-9(6-12(11)19-13(15)16)7-17-5-4-10(14)8-17/h2-3,6,10,13H,4-5,7-8H2,1H3/t10-/m0/s1. The maximum absolute atomic E-state index is 13.1. The number of benzene rings is 1. The van der Waals surface area contributed by atoms with Crippen molar-refractivity contribution in [3.63, 3.8) is 0 Å². The number of nitrogens with zero attached hydrogens (tertiary/aromatic N) is 1. The molecule has 0 spiro atoms. The van der Waals surface area contributed by atoms with Crippen LogP contribution in [0.4, 0.5) is 13.2 Å². The monoisotopic (exact) mass is 275 g/mol. The number of methoxy groups -OCH3 is 1. The fourth-order valence-electron chi connectivity index (χ4n) is 2.19. The number of hydrogen-bond acceptors (Lipinski definition) is 3. The Kier molecular flexibility index (Phi) is 4.52. The Morgan fingerprint density at radius 1 is 1.37 bits per heavy atom. The lowest BCUT2D eigenvalue weighted by atomic mass is 10.2. The average molecular weight is 275 g/mol. The second-order valence-corrected chi connectivity index (χ2v) is 4.48. The van der Waals surface area contributed by atoms with Crippen LogP contribution in [0.25, 0.3) is 0 Å². The highest BCUT2D eigenvalue weighted by molar-refractivity contribution is 5.43. The first-order valence-electron chi connectivity index (χ1n) is 6.06. The van der Waals surface area contributed by atoms with Gasteiger partial charge in [-0.1, -0.05) is 6.07 Å². The summed E-state index contributed by atoms with van der Waals surface area (Å²) in [5.41, 5.74) is 0.797. The molecule has 0 saturated carbocycles. The molecule has 0 amide bonds. The second-order valence-electron chi connectivity index (χ2n) is 4.48. The number of ether oxygens (including phenoxy) is 2. The first-order chi connectivity index (χ1) is 9.08. The van der Waals surface area contributed by atoms with Crippen molar-refractivity contribution in [1.29, 1.82) is 0 Å². The predicted octanol–water partition coefficient (Wildman–Crippen LogP) is 2.84. The minimum Gasteiger partial charge on any atom is -0.493 e. The maximum atomic E-state index is 13.1. The van der Waals surface area contributed by atoms with Crippen molar-refractivity contribution < 1.29 is 22.6 Å². The van der Waals surface area contributed by atoms with Gasteiger partial charge >= 0.3 is 6.61 Å². The van der Waals surface area contributed by atoms with Crippen LogP contribution >= 0.6 is 0 Å². The van der Waals surface area contributed by atoms with E-state index in [4.69, 9.17) is 4.74 Å². The van der Waals surface area contributed by atoms with Gasteiger partial charge in [0.1, 0.15) is 6.17 Å². The van der Waals surface area contributed by atoms with Gasteiger partial charge in [0, 0.05) is 19.6 Å². The quantitative estimate of drug-likeness (QED) is 0.824. The van der Waals surface area contributed by atoms with E-state index < -0.39 is 12.8 Å². The Morgan fingerprint density at radius 2 is 2.16 bits per heavy atom. The molecule has 0 radical (unpaired) electrons. The molecular weight excluding hydrogens is 259 g/mol. The molecule has 0 aliphatic carbocycles. The normalized spacial score (nSPS) is 19.9. The molecular formula is C13H16F3NO2. The predicted molar refractivity (Wildman–Crippen MR) is 64.4 cm³/mol. The van der Waals surface area contributed by atoms with Crippen molar-refractivity contribution in [1.82, 2.24) is 4.90 Å². The summed E-state index contributed by atoms with van der Waals surface area (Å²) in [5, 5.41) is 0. The van der Waals surface area contributed by atoms with Gasteiger partial charge in [0.2, 0.25) is 0 Å². The zero-order chi connectivity index (χ0) is 13.8. The summed E-state index contributed by atoms with van der Waals surface area (Å²) in [6.07, 6.45) is -0.272. The van der Waals surface area contributed by atoms with Crippen molar-refractivity contribution >= 4 is 0 Å². The highest BCUT2D eigenvalue weighted by atomic mass is 19.3. The van der Waals surface area contributed by atoms with Gasteiger partial charge in [-0.3, -0.25) is 4.90 Å². The van der Waals surface area contributed by atoms with Gasteiger partial charge in [-0.2, -0.15) is 8.78 Å². The van der Waals surface area contributed by atoms with Crippen LogP contribution in [0.1, 0.15) is 12.0 Å². The summed E-state index contributed by atoms with van der Waals surface area (Å²) in [6.45, 7) is -1.31.